The molecule has 0 saturated heterocycles. The molecule has 0 aliphatic heterocycles. The molecule has 0 aliphatic carbocycles. The maximum Gasteiger partial charge on any atom is 0.413 e. The van der Waals surface area contributed by atoms with Crippen LogP contribution >= 0.6 is 132 Å². The minimum Gasteiger partial charge on any atom is -0.464 e. The van der Waals surface area contributed by atoms with Gasteiger partial charge in [0.15, 0.2) is 37.0 Å². The number of nitrogens with one attached hydrogen (secondary N) is 3. The molecule has 8 aromatic heterocycles. The topological polar surface area (TPSA) is 423 Å². The third-order valence-electron chi connectivity index (χ3n) is 14.0. The number of hydrogen-bond acceptors (Lipinski definition) is 29. The van der Waals surface area contributed by atoms with Gasteiger partial charge in [-0.1, -0.05) is 118 Å². The predicted octanol–water partition coefficient (Wildman–Crippen LogP) is 20.1. The van der Waals surface area contributed by atoms with Crippen LogP contribution in [0.3, 0.4) is 0 Å². The molecule has 0 spiro atoms. The van der Waals surface area contributed by atoms with Crippen molar-refractivity contribution in [3.8, 4) is 6.07 Å². The zero-order chi connectivity index (χ0) is 93.7. The number of aldehydes is 1. The van der Waals surface area contributed by atoms with Gasteiger partial charge in [-0.3, -0.25) is 35.1 Å². The third-order valence-corrected chi connectivity index (χ3v) is 22.2. The molecule has 13 aromatic rings. The molecule has 0 bridgehead atoms. The number of esters is 1. The number of methoxy groups -OCH3 is 1. The van der Waals surface area contributed by atoms with Gasteiger partial charge in [0.05, 0.1) is 32.0 Å². The predicted molar refractivity (Wildman–Crippen MR) is 499 cm³/mol. The first kappa shape index (κ1) is 106. The molecule has 662 valence electrons. The highest BCUT2D eigenvalue weighted by atomic mass is 79.9. The van der Waals surface area contributed by atoms with E-state index in [1.807, 2.05) is 32.9 Å². The number of nitriles is 1. The van der Waals surface area contributed by atoms with E-state index in [0.717, 1.165) is 65.1 Å². The van der Waals surface area contributed by atoms with Crippen LogP contribution in [0.2, 0.25) is 17.4 Å². The van der Waals surface area contributed by atoms with Gasteiger partial charge in [0, 0.05) is 59.3 Å². The van der Waals surface area contributed by atoms with Gasteiger partial charge in [-0.05, 0) is 207 Å². The number of aliphatic hydroxyl groups excluding tert-OH is 1. The van der Waals surface area contributed by atoms with Crippen LogP contribution < -0.4 is 44.3 Å². The summed E-state index contributed by atoms with van der Waals surface area (Å²) in [5.41, 5.74) is 18.3. The number of ether oxygens (including phenoxy) is 3. The van der Waals surface area contributed by atoms with Gasteiger partial charge in [0.2, 0.25) is 0 Å². The summed E-state index contributed by atoms with van der Waals surface area (Å²) in [4.78, 5) is 108. The maximum absolute atomic E-state index is 13.3. The summed E-state index contributed by atoms with van der Waals surface area (Å²) in [6.07, 6.45) is 3.21. The van der Waals surface area contributed by atoms with Crippen LogP contribution in [-0.2, 0) is 47.6 Å². The minimum absolute atomic E-state index is 0.0540. The monoisotopic (exact) mass is 2110 g/mol. The van der Waals surface area contributed by atoms with Crippen LogP contribution in [0.25, 0.3) is 4.85 Å². The summed E-state index contributed by atoms with van der Waals surface area (Å²) >= 11 is 20.5. The number of nitrogens with two attached hydrogens (primary N) is 3. The van der Waals surface area contributed by atoms with Gasteiger partial charge in [-0.2, -0.15) is 15.5 Å². The van der Waals surface area contributed by atoms with E-state index >= 15 is 0 Å². The largest absolute Gasteiger partial charge is 0.464 e. The van der Waals surface area contributed by atoms with Crippen LogP contribution in [0.1, 0.15) is 126 Å². The first-order chi connectivity index (χ1) is 59.3. The van der Waals surface area contributed by atoms with Crippen molar-refractivity contribution >= 4 is 213 Å². The van der Waals surface area contributed by atoms with E-state index in [1.54, 1.807) is 75.6 Å². The third kappa shape index (κ3) is 39.8. The standard InChI is InChI=1S/C17H12FN5O2S.C15H16BrFN2O3S.C11H8FN3S.C10H8BrFN2S.C8H11BrN2O2S.C7H5FO.C7H8N2O3.C3H3BrN2S.3CH3.Al/c1-19-15-13(9-10-4-3-5-11(18)8-10)26-17(20-15)21-16(25)12-6-7-14(24)23(2)22-12;1-15(2,3)22-14(21)19-13-18-12(16)11(23-13)10(20)8-5-4-6-9(17)7-8;12-8-3-1-2-7(4-8)5-10-9(6-13)15-11(14)16-10;11-9-8(15-10(13)14-9)5-6-2-1-3-7(12)4-6;1-8(2,3)13-7(12)11-6-10-4-5(9)14-6;8-7-3-1-2-6(4-7)5-9;1-9-6(10)4-3-5(8-9)7(11)12-2;4-2-1-6-3(5)7-2;;;;/h3-8H,9H2,2H3,(H,20,21,25);4-7,10,20H,1-3H3,(H,18,19,21);1-4H,5H2,(H2,14,15);1-4H,5H2,(H2,13,14);4H,1-3H3,(H,10,11,12);1-5H;3-4H,1-2H3;1H,(H2,5,6);3*1H3;. The van der Waals surface area contributed by atoms with Crippen LogP contribution in [0.5, 0.6) is 0 Å². The van der Waals surface area contributed by atoms with Crippen molar-refractivity contribution < 1.29 is 65.2 Å². The molecule has 29 nitrogen and oxygen atoms in total. The number of nitrogen functional groups attached to an aromatic ring is 3. The second kappa shape index (κ2) is 52.4. The Bertz CT molecular complexity index is 6010. The molecular formula is C81H80AlBr4F5N18O11S6. The highest BCUT2D eigenvalue weighted by Gasteiger charge is 2.24. The zero-order valence-corrected chi connectivity index (χ0v) is 81.2. The molecular weight excluding hydrogens is 2030 g/mol. The number of nitrogens with zero attached hydrogens (tertiary/aromatic N) is 12. The number of aliphatic hydroxyl groups is 1. The van der Waals surface area contributed by atoms with E-state index < -0.39 is 47.2 Å². The van der Waals surface area contributed by atoms with Crippen molar-refractivity contribution in [3.63, 3.8) is 0 Å². The van der Waals surface area contributed by atoms with Gasteiger partial charge in [0.25, 0.3) is 42.1 Å². The lowest BCUT2D eigenvalue weighted by Crippen LogP contribution is -2.27. The van der Waals surface area contributed by atoms with Crippen molar-refractivity contribution in [1.82, 2.24) is 49.5 Å². The number of thiazole rings is 6. The van der Waals surface area contributed by atoms with Crippen molar-refractivity contribution in [2.45, 2.75) is 95.5 Å². The SMILES string of the molecule is CC(C)(C)OC(=O)Nc1nc(Br)c(C(O)c2cccc(F)c2)s1.CC(C)(C)OC(=O)Nc1ncc(Br)s1.COC(=O)c1ccc(=O)n(C)n1.N#Cc1nc(N)sc1Cc1cccc(F)c1.Nc1nc(Br)c(Cc2cccc(F)c2)s1.Nc1ncc(Br)s1.O=Cc1cccc(F)c1.[C-]#[N+]c1nc(NC(=O)c2ccc(=O)n(C)n2)sc1Cc1cccc(F)c1.[CH3][Al]([CH3])[CH3]. The molecule has 45 heteroatoms. The van der Waals surface area contributed by atoms with Crippen molar-refractivity contribution in [2.24, 2.45) is 14.1 Å². The van der Waals surface area contributed by atoms with Gasteiger partial charge in [-0.25, -0.2) is 70.6 Å². The van der Waals surface area contributed by atoms with E-state index in [9.17, 15) is 60.6 Å². The van der Waals surface area contributed by atoms with E-state index in [2.05, 4.69) is 147 Å². The summed E-state index contributed by atoms with van der Waals surface area (Å²) in [6.45, 7) is 17.9. The van der Waals surface area contributed by atoms with Crippen molar-refractivity contribution in [1.29, 1.82) is 5.26 Å². The Morgan fingerprint density at radius 2 is 1.02 bits per heavy atom. The number of halogens is 9. The number of aryl methyl sites for hydroxylation is 2. The van der Waals surface area contributed by atoms with Crippen LogP contribution in [0.15, 0.2) is 184 Å². The second-order valence-corrected chi connectivity index (χ2v) is 41.7. The van der Waals surface area contributed by atoms with Gasteiger partial charge < -0.3 is 41.4 Å². The summed E-state index contributed by atoms with van der Waals surface area (Å²) in [6, 6.07) is 37.2. The van der Waals surface area contributed by atoms with E-state index in [0.29, 0.717) is 82.8 Å². The van der Waals surface area contributed by atoms with Crippen molar-refractivity contribution in [3.05, 3.63) is 300 Å². The smallest absolute Gasteiger partial charge is 0.413 e. The fraction of sp³-hybridized carbons (Fsp3) is 0.222. The number of benzene rings is 5. The first-order valence-corrected chi connectivity index (χ1v) is 47.8. The number of aromatic nitrogens is 10. The van der Waals surface area contributed by atoms with Crippen LogP contribution in [0, 0.1) is 47.0 Å². The normalized spacial score (nSPS) is 10.5. The highest BCUT2D eigenvalue weighted by Crippen LogP contribution is 2.37. The second-order valence-electron chi connectivity index (χ2n) is 27.6. The quantitative estimate of drug-likeness (QED) is 0.0133. The van der Waals surface area contributed by atoms with Crippen LogP contribution in [-0.4, -0.2) is 117 Å². The van der Waals surface area contributed by atoms with Gasteiger partial charge in [-0.15, -0.1) is 40.0 Å². The molecule has 3 amide bonds. The number of anilines is 6. The summed E-state index contributed by atoms with van der Waals surface area (Å²) in [7, 11) is 4.17. The first-order valence-electron chi connectivity index (χ1n) is 36.3. The van der Waals surface area contributed by atoms with Crippen LogP contribution in [0.4, 0.5) is 68.1 Å². The number of rotatable bonds is 14. The molecule has 0 aliphatic rings. The Morgan fingerprint density at radius 3 is 1.44 bits per heavy atom. The fourth-order valence-corrected chi connectivity index (χ4v) is 15.8. The minimum atomic E-state index is -1.05. The number of hydrogen-bond donors (Lipinski definition) is 7. The van der Waals surface area contributed by atoms with Gasteiger partial charge >= 0.3 is 18.2 Å². The summed E-state index contributed by atoms with van der Waals surface area (Å²) in [5.74, 6) is 4.31. The highest BCUT2D eigenvalue weighted by molar-refractivity contribution is 9.11. The molecule has 10 N–H and O–H groups in total. The molecule has 13 rings (SSSR count). The Hall–Kier alpha value is -10.8. The number of amides is 3. The van der Waals surface area contributed by atoms with E-state index in [1.165, 1.54) is 164 Å². The fourth-order valence-electron chi connectivity index (χ4n) is 8.94. The van der Waals surface area contributed by atoms with Gasteiger partial charge in [0.1, 0.15) is 73.6 Å². The molecule has 0 fully saturated rings. The Morgan fingerprint density at radius 1 is 0.571 bits per heavy atom. The molecule has 126 heavy (non-hydrogen) atoms. The summed E-state index contributed by atoms with van der Waals surface area (Å²) < 4.78 is 84.4. The van der Waals surface area contributed by atoms with Crippen molar-refractivity contribution in [2.75, 3.05) is 40.3 Å². The number of carbonyl (C=O) groups is 5. The summed E-state index contributed by atoms with van der Waals surface area (Å²) in [5, 5.41) is 36.9. The Balaban J connectivity index is 0.000000260. The molecule has 5 aromatic carbocycles. The lowest BCUT2D eigenvalue weighted by Gasteiger charge is -2.18. The Labute approximate surface area is 782 Å². The molecule has 0 saturated carbocycles. The average molecular weight is 2120 g/mol. The van der Waals surface area contributed by atoms with E-state index in [4.69, 9.17) is 38.5 Å². The molecule has 1 unspecified atom stereocenters. The molecule has 0 radical (unpaired) electrons. The maximum atomic E-state index is 13.3. The lowest BCUT2D eigenvalue weighted by molar-refractivity contribution is 0.0587. The zero-order valence-electron chi connectivity index (χ0n) is 68.8. The van der Waals surface area contributed by atoms with E-state index in [-0.39, 0.29) is 76.0 Å². The lowest BCUT2D eigenvalue weighted by atomic mass is 10.1. The molecule has 1 atom stereocenters. The number of carbonyl (C=O) groups excluding carboxylic acids is 5. The average Bonchev–Trinajstić information content (AvgIpc) is 1.79. The molecule has 8 heterocycles. The Kier molecular flexibility index (Phi) is 44.0.